The summed E-state index contributed by atoms with van der Waals surface area (Å²) in [4.78, 5) is 21.1. The first kappa shape index (κ1) is 15.1. The van der Waals surface area contributed by atoms with Gasteiger partial charge in [-0.1, -0.05) is 23.5 Å². The van der Waals surface area contributed by atoms with E-state index in [4.69, 9.17) is 0 Å². The maximum absolute atomic E-state index is 13.1. The van der Waals surface area contributed by atoms with Crippen LogP contribution in [0.4, 0.5) is 14.6 Å². The molecule has 1 aromatic carbocycles. The second-order valence-electron chi connectivity index (χ2n) is 3.78. The molecule has 0 saturated heterocycles. The maximum Gasteiger partial charge on any atom is 0.334 e. The molecule has 0 saturated carbocycles. The van der Waals surface area contributed by atoms with Crippen LogP contribution in [0.3, 0.4) is 0 Å². The van der Waals surface area contributed by atoms with Gasteiger partial charge in [0, 0.05) is 6.07 Å². The number of carbonyl (C=O) groups excluding carboxylic acids is 1. The Balaban J connectivity index is 2.30. The average Bonchev–Trinajstić information content (AvgIpc) is 2.88. The van der Waals surface area contributed by atoms with Crippen molar-refractivity contribution in [2.75, 3.05) is 5.32 Å². The Morgan fingerprint density at radius 2 is 1.90 bits per heavy atom. The molecule has 10 heteroatoms. The Kier molecular flexibility index (Phi) is 4.00. The molecule has 1 aromatic heterocycles. The van der Waals surface area contributed by atoms with Crippen molar-refractivity contribution in [3.05, 3.63) is 51.4 Å². The molecular formula is C11H7FN2O5S2. The molecule has 7 nitrogen and oxygen atoms in total. The van der Waals surface area contributed by atoms with E-state index in [1.165, 1.54) is 24.3 Å². The van der Waals surface area contributed by atoms with Gasteiger partial charge in [0.2, 0.25) is 0 Å². The molecular weight excluding hydrogens is 323 g/mol. The van der Waals surface area contributed by atoms with Crippen LogP contribution in [-0.2, 0) is 10.2 Å². The summed E-state index contributed by atoms with van der Waals surface area (Å²) in [5.74, 6) is -0.760. The van der Waals surface area contributed by atoms with Crippen LogP contribution in [0.2, 0.25) is 0 Å². The molecule has 0 spiro atoms. The smallest absolute Gasteiger partial charge is 0.320 e. The van der Waals surface area contributed by atoms with E-state index >= 15 is 0 Å². The maximum atomic E-state index is 13.1. The number of amides is 1. The predicted molar refractivity (Wildman–Crippen MR) is 73.7 cm³/mol. The Morgan fingerprint density at radius 3 is 2.48 bits per heavy atom. The van der Waals surface area contributed by atoms with E-state index in [1.54, 1.807) is 0 Å². The summed E-state index contributed by atoms with van der Waals surface area (Å²) < 4.78 is 35.0. The summed E-state index contributed by atoms with van der Waals surface area (Å²) in [5.41, 5.74) is -0.235. The van der Waals surface area contributed by atoms with Gasteiger partial charge < -0.3 is 5.32 Å². The number of carbonyl (C=O) groups is 1. The third-order valence-corrected chi connectivity index (χ3v) is 4.31. The van der Waals surface area contributed by atoms with Crippen molar-refractivity contribution < 1.29 is 22.0 Å². The lowest BCUT2D eigenvalue weighted by Gasteiger charge is -2.06. The second-order valence-corrected chi connectivity index (χ2v) is 6.16. The number of hydrogen-bond acceptors (Lipinski definition) is 6. The number of halogens is 1. The van der Waals surface area contributed by atoms with Crippen LogP contribution in [0.5, 0.6) is 0 Å². The fraction of sp³-hybridized carbons (Fsp3) is 0. The van der Waals surface area contributed by atoms with Gasteiger partial charge in [-0.3, -0.25) is 14.9 Å². The van der Waals surface area contributed by atoms with E-state index in [0.717, 1.165) is 12.1 Å². The highest BCUT2D eigenvalue weighted by atomic mass is 32.3. The Bertz CT molecular complexity index is 816. The van der Waals surface area contributed by atoms with Crippen LogP contribution in [-0.4, -0.2) is 19.2 Å². The summed E-state index contributed by atoms with van der Waals surface area (Å²) in [5, 5.41) is 12.5. The summed E-state index contributed by atoms with van der Waals surface area (Å²) >= 11 is 0.627. The van der Waals surface area contributed by atoms with Gasteiger partial charge in [0.25, 0.3) is 5.91 Å². The van der Waals surface area contributed by atoms with E-state index in [2.05, 4.69) is 5.32 Å². The van der Waals surface area contributed by atoms with Crippen molar-refractivity contribution in [1.82, 2.24) is 0 Å². The number of hydrogen-bond donors (Lipinski definition) is 1. The molecule has 2 rings (SSSR count). The number of benzene rings is 1. The standard InChI is InChI=1S/C11H7FN2O5S2/c12-21(18,19)9-4-2-1-3-7(9)13-11(15)8-5-6-10(20-8)14(16)17/h1-6H,(H,13,15). The lowest BCUT2D eigenvalue weighted by atomic mass is 10.3. The van der Waals surface area contributed by atoms with Gasteiger partial charge in [0.05, 0.1) is 15.5 Å². The van der Waals surface area contributed by atoms with Crippen molar-refractivity contribution in [1.29, 1.82) is 0 Å². The molecule has 110 valence electrons. The first-order chi connectivity index (χ1) is 9.79. The minimum atomic E-state index is -4.99. The molecule has 0 radical (unpaired) electrons. The van der Waals surface area contributed by atoms with Crippen molar-refractivity contribution in [2.45, 2.75) is 4.90 Å². The molecule has 1 heterocycles. The van der Waals surface area contributed by atoms with E-state index < -0.39 is 25.9 Å². The molecule has 2 aromatic rings. The predicted octanol–water partition coefficient (Wildman–Crippen LogP) is 2.57. The van der Waals surface area contributed by atoms with Gasteiger partial charge in [0.15, 0.2) is 0 Å². The number of anilines is 1. The lowest BCUT2D eigenvalue weighted by molar-refractivity contribution is -0.380. The van der Waals surface area contributed by atoms with Gasteiger partial charge >= 0.3 is 15.2 Å². The van der Waals surface area contributed by atoms with E-state index in [0.29, 0.717) is 11.3 Å². The molecule has 1 N–H and O–H groups in total. The molecule has 0 atom stereocenters. The molecule has 1 amide bonds. The van der Waals surface area contributed by atoms with Crippen molar-refractivity contribution in [2.24, 2.45) is 0 Å². The van der Waals surface area contributed by atoms with Crippen molar-refractivity contribution in [3.8, 4) is 0 Å². The van der Waals surface area contributed by atoms with Crippen LogP contribution in [0.1, 0.15) is 9.67 Å². The first-order valence-corrected chi connectivity index (χ1v) is 7.58. The van der Waals surface area contributed by atoms with E-state index in [9.17, 15) is 27.2 Å². The first-order valence-electron chi connectivity index (χ1n) is 5.38. The number of nitrogens with zero attached hydrogens (tertiary/aromatic N) is 1. The van der Waals surface area contributed by atoms with Crippen molar-refractivity contribution in [3.63, 3.8) is 0 Å². The highest BCUT2D eigenvalue weighted by Gasteiger charge is 2.20. The molecule has 0 aliphatic carbocycles. The minimum Gasteiger partial charge on any atom is -0.320 e. The number of nitro groups is 1. The number of thiophene rings is 1. The Morgan fingerprint density at radius 1 is 1.24 bits per heavy atom. The summed E-state index contributed by atoms with van der Waals surface area (Å²) in [6, 6.07) is 7.32. The Labute approximate surface area is 122 Å². The fourth-order valence-corrected chi connectivity index (χ4v) is 2.85. The molecule has 0 unspecified atom stereocenters. The third-order valence-electron chi connectivity index (χ3n) is 2.39. The molecule has 0 fully saturated rings. The SMILES string of the molecule is O=C(Nc1ccccc1S(=O)(=O)F)c1ccc([N+](=O)[O-])s1. The summed E-state index contributed by atoms with van der Waals surface area (Å²) in [7, 11) is -4.99. The molecule has 0 aliphatic rings. The zero-order valence-electron chi connectivity index (χ0n) is 10.1. The highest BCUT2D eigenvalue weighted by Crippen LogP contribution is 2.27. The lowest BCUT2D eigenvalue weighted by Crippen LogP contribution is -2.12. The van der Waals surface area contributed by atoms with Gasteiger partial charge in [-0.2, -0.15) is 8.42 Å². The van der Waals surface area contributed by atoms with E-state index in [1.807, 2.05) is 0 Å². The van der Waals surface area contributed by atoms with E-state index in [-0.39, 0.29) is 15.6 Å². The van der Waals surface area contributed by atoms with Gasteiger partial charge in [-0.05, 0) is 18.2 Å². The Hall–Kier alpha value is -2.33. The fourth-order valence-electron chi connectivity index (χ4n) is 1.51. The average molecular weight is 330 g/mol. The monoisotopic (exact) mass is 330 g/mol. The van der Waals surface area contributed by atoms with Crippen LogP contribution < -0.4 is 5.32 Å². The van der Waals surface area contributed by atoms with Gasteiger partial charge in [-0.15, -0.1) is 3.89 Å². The molecule has 0 aliphatic heterocycles. The highest BCUT2D eigenvalue weighted by molar-refractivity contribution is 7.86. The van der Waals surface area contributed by atoms with Crippen LogP contribution in [0, 0.1) is 10.1 Å². The van der Waals surface area contributed by atoms with Gasteiger partial charge in [0.1, 0.15) is 4.90 Å². The van der Waals surface area contributed by atoms with Crippen LogP contribution in [0.25, 0.3) is 0 Å². The van der Waals surface area contributed by atoms with Crippen LogP contribution >= 0.6 is 11.3 Å². The normalized spacial score (nSPS) is 11.1. The second kappa shape index (κ2) is 5.58. The third kappa shape index (κ3) is 3.41. The summed E-state index contributed by atoms with van der Waals surface area (Å²) in [6.07, 6.45) is 0. The number of nitrogens with one attached hydrogen (secondary N) is 1. The van der Waals surface area contributed by atoms with Crippen LogP contribution in [0.15, 0.2) is 41.3 Å². The topological polar surface area (TPSA) is 106 Å². The molecule has 0 bridgehead atoms. The number of rotatable bonds is 4. The minimum absolute atomic E-state index is 0.00718. The zero-order chi connectivity index (χ0) is 15.6. The van der Waals surface area contributed by atoms with Gasteiger partial charge in [-0.25, -0.2) is 0 Å². The molecule has 21 heavy (non-hydrogen) atoms. The zero-order valence-corrected chi connectivity index (χ0v) is 11.8. The number of para-hydroxylation sites is 1. The quantitative estimate of drug-likeness (QED) is 0.527. The van der Waals surface area contributed by atoms with Crippen molar-refractivity contribution >= 4 is 38.2 Å². The largest absolute Gasteiger partial charge is 0.334 e. The summed E-state index contributed by atoms with van der Waals surface area (Å²) in [6.45, 7) is 0.